The fraction of sp³-hybridized carbons (Fsp3) is 0.754. The summed E-state index contributed by atoms with van der Waals surface area (Å²) in [5.74, 6) is -0.909. The van der Waals surface area contributed by atoms with Crippen LogP contribution in [0.5, 0.6) is 0 Å². The number of carbonyl (C=O) groups is 3. The zero-order chi connectivity index (χ0) is 48.6. The largest absolute Gasteiger partial charge is 0.462 e. The van der Waals surface area contributed by atoms with Gasteiger partial charge < -0.3 is 14.2 Å². The van der Waals surface area contributed by atoms with E-state index in [0.717, 1.165) is 109 Å². The van der Waals surface area contributed by atoms with E-state index >= 15 is 0 Å². The first-order valence-electron chi connectivity index (χ1n) is 28.4. The number of ether oxygens (including phenoxy) is 3. The van der Waals surface area contributed by atoms with Crippen molar-refractivity contribution in [1.29, 1.82) is 0 Å². The summed E-state index contributed by atoms with van der Waals surface area (Å²) in [5, 5.41) is 0. The van der Waals surface area contributed by atoms with Crippen LogP contribution in [0.2, 0.25) is 0 Å². The van der Waals surface area contributed by atoms with Crippen LogP contribution < -0.4 is 0 Å². The Balaban J connectivity index is 4.40. The van der Waals surface area contributed by atoms with E-state index in [9.17, 15) is 14.4 Å². The van der Waals surface area contributed by atoms with Gasteiger partial charge in [0.2, 0.25) is 0 Å². The normalized spacial score (nSPS) is 12.6. The van der Waals surface area contributed by atoms with Crippen molar-refractivity contribution in [2.75, 3.05) is 13.2 Å². The molecular formula is C61H106O6. The van der Waals surface area contributed by atoms with E-state index < -0.39 is 6.10 Å². The van der Waals surface area contributed by atoms with E-state index in [1.807, 2.05) is 0 Å². The first-order valence-corrected chi connectivity index (χ1v) is 28.4. The highest BCUT2D eigenvalue weighted by molar-refractivity contribution is 5.71. The zero-order valence-corrected chi connectivity index (χ0v) is 44.2. The van der Waals surface area contributed by atoms with Crippen LogP contribution in [-0.4, -0.2) is 37.2 Å². The minimum atomic E-state index is -0.790. The molecule has 0 rings (SSSR count). The van der Waals surface area contributed by atoms with Crippen LogP contribution in [0.25, 0.3) is 0 Å². The van der Waals surface area contributed by atoms with Gasteiger partial charge in [0.05, 0.1) is 0 Å². The second kappa shape index (κ2) is 55.4. The van der Waals surface area contributed by atoms with Crippen LogP contribution in [0.15, 0.2) is 72.9 Å². The number of allylic oxidation sites excluding steroid dienone is 12. The lowest BCUT2D eigenvalue weighted by molar-refractivity contribution is -0.167. The summed E-state index contributed by atoms with van der Waals surface area (Å²) < 4.78 is 16.8. The van der Waals surface area contributed by atoms with Crippen molar-refractivity contribution in [1.82, 2.24) is 0 Å². The van der Waals surface area contributed by atoms with Gasteiger partial charge in [0.1, 0.15) is 13.2 Å². The maximum atomic E-state index is 12.8. The third-order valence-corrected chi connectivity index (χ3v) is 12.2. The highest BCUT2D eigenvalue weighted by Crippen LogP contribution is 2.15. The summed E-state index contributed by atoms with van der Waals surface area (Å²) in [6.07, 6.45) is 70.3. The molecule has 0 N–H and O–H groups in total. The summed E-state index contributed by atoms with van der Waals surface area (Å²) in [4.78, 5) is 38.1. The Morgan fingerprint density at radius 2 is 0.582 bits per heavy atom. The lowest BCUT2D eigenvalue weighted by Gasteiger charge is -2.18. The molecule has 67 heavy (non-hydrogen) atoms. The Kier molecular flexibility index (Phi) is 52.8. The molecule has 386 valence electrons. The molecule has 0 bridgehead atoms. The van der Waals surface area contributed by atoms with E-state index in [1.54, 1.807) is 0 Å². The van der Waals surface area contributed by atoms with E-state index in [2.05, 4.69) is 93.7 Å². The van der Waals surface area contributed by atoms with Gasteiger partial charge in [-0.15, -0.1) is 0 Å². The van der Waals surface area contributed by atoms with Gasteiger partial charge in [-0.3, -0.25) is 14.4 Å². The van der Waals surface area contributed by atoms with Crippen molar-refractivity contribution in [3.05, 3.63) is 72.9 Å². The van der Waals surface area contributed by atoms with E-state index in [4.69, 9.17) is 14.2 Å². The Hall–Kier alpha value is -3.15. The fourth-order valence-corrected chi connectivity index (χ4v) is 7.89. The molecule has 0 aromatic heterocycles. The molecule has 0 unspecified atom stereocenters. The molecule has 0 saturated heterocycles. The number of hydrogen-bond acceptors (Lipinski definition) is 6. The summed E-state index contributed by atoms with van der Waals surface area (Å²) in [7, 11) is 0. The average molecular weight is 936 g/mol. The van der Waals surface area contributed by atoms with E-state index in [0.29, 0.717) is 19.3 Å². The molecule has 6 nitrogen and oxygen atoms in total. The zero-order valence-electron chi connectivity index (χ0n) is 44.2. The monoisotopic (exact) mass is 935 g/mol. The van der Waals surface area contributed by atoms with Crippen molar-refractivity contribution in [2.45, 2.75) is 284 Å². The first kappa shape index (κ1) is 63.8. The average Bonchev–Trinajstić information content (AvgIpc) is 3.33. The van der Waals surface area contributed by atoms with Crippen molar-refractivity contribution in [3.63, 3.8) is 0 Å². The molecule has 1 atom stereocenters. The Morgan fingerprint density at radius 3 is 0.955 bits per heavy atom. The van der Waals surface area contributed by atoms with Crippen LogP contribution in [0.1, 0.15) is 278 Å². The van der Waals surface area contributed by atoms with Gasteiger partial charge in [-0.1, -0.05) is 222 Å². The number of hydrogen-bond donors (Lipinski definition) is 0. The Labute approximate surface area is 414 Å². The van der Waals surface area contributed by atoms with Crippen LogP contribution in [0.4, 0.5) is 0 Å². The van der Waals surface area contributed by atoms with Crippen LogP contribution >= 0.6 is 0 Å². The van der Waals surface area contributed by atoms with Crippen LogP contribution in [0, 0.1) is 0 Å². The van der Waals surface area contributed by atoms with Crippen LogP contribution in [0.3, 0.4) is 0 Å². The summed E-state index contributed by atoms with van der Waals surface area (Å²) in [6.45, 7) is 6.49. The summed E-state index contributed by atoms with van der Waals surface area (Å²) in [5.41, 5.74) is 0. The fourth-order valence-electron chi connectivity index (χ4n) is 7.89. The van der Waals surface area contributed by atoms with Gasteiger partial charge in [0.15, 0.2) is 6.10 Å². The molecule has 0 heterocycles. The Bertz CT molecular complexity index is 1260. The lowest BCUT2D eigenvalue weighted by Crippen LogP contribution is -2.30. The van der Waals surface area contributed by atoms with Gasteiger partial charge >= 0.3 is 17.9 Å². The number of rotatable bonds is 51. The van der Waals surface area contributed by atoms with Crippen molar-refractivity contribution in [3.8, 4) is 0 Å². The summed E-state index contributed by atoms with van der Waals surface area (Å²) >= 11 is 0. The van der Waals surface area contributed by atoms with Gasteiger partial charge in [-0.05, 0) is 109 Å². The highest BCUT2D eigenvalue weighted by Gasteiger charge is 2.19. The molecule has 0 aromatic rings. The standard InChI is InChI=1S/C61H106O6/c1-4-7-10-13-16-19-22-25-28-29-30-31-34-36-39-42-45-48-51-54-60(63)66-57-58(67-61(64)55-52-49-46-43-40-37-33-27-24-21-18-15-12-9-6-3)56-65-59(62)53-50-47-44-41-38-35-32-26-23-20-17-14-11-8-5-2/h9,12,16,18-19,21,25-28,32-33,58H,4-8,10-11,13-15,17,20,22-24,29-31,34-57H2,1-3H3/b12-9-,19-16-,21-18-,28-25-,32-26-,33-27-/t58-/m0/s1. The molecule has 0 amide bonds. The van der Waals surface area contributed by atoms with Crippen molar-refractivity contribution < 1.29 is 28.6 Å². The molecule has 0 aliphatic carbocycles. The second-order valence-corrected chi connectivity index (χ2v) is 18.8. The van der Waals surface area contributed by atoms with Gasteiger partial charge in [0.25, 0.3) is 0 Å². The molecule has 0 aliphatic rings. The van der Waals surface area contributed by atoms with Gasteiger partial charge in [-0.25, -0.2) is 0 Å². The Morgan fingerprint density at radius 1 is 0.313 bits per heavy atom. The molecular weight excluding hydrogens is 829 g/mol. The van der Waals surface area contributed by atoms with E-state index in [1.165, 1.54) is 128 Å². The van der Waals surface area contributed by atoms with Crippen LogP contribution in [-0.2, 0) is 28.6 Å². The third kappa shape index (κ3) is 53.7. The smallest absolute Gasteiger partial charge is 0.306 e. The second-order valence-electron chi connectivity index (χ2n) is 18.8. The first-order chi connectivity index (χ1) is 33.0. The molecule has 0 fully saturated rings. The predicted molar refractivity (Wildman–Crippen MR) is 288 cm³/mol. The quantitative estimate of drug-likeness (QED) is 0.0262. The predicted octanol–water partition coefficient (Wildman–Crippen LogP) is 19.0. The molecule has 6 heteroatoms. The highest BCUT2D eigenvalue weighted by atomic mass is 16.6. The molecule has 0 aliphatic heterocycles. The van der Waals surface area contributed by atoms with E-state index in [-0.39, 0.29) is 31.1 Å². The minimum Gasteiger partial charge on any atom is -0.462 e. The van der Waals surface area contributed by atoms with Crippen molar-refractivity contribution in [2.24, 2.45) is 0 Å². The number of carbonyl (C=O) groups excluding carboxylic acids is 3. The van der Waals surface area contributed by atoms with Gasteiger partial charge in [-0.2, -0.15) is 0 Å². The topological polar surface area (TPSA) is 78.9 Å². The lowest BCUT2D eigenvalue weighted by atomic mass is 10.1. The molecule has 0 radical (unpaired) electrons. The summed E-state index contributed by atoms with van der Waals surface area (Å²) in [6, 6.07) is 0. The third-order valence-electron chi connectivity index (χ3n) is 12.2. The SMILES string of the molecule is CC/C=C\C/C=C\C/C=C\CCCCCCCC(=O)O[C@@H](COC(=O)CCCCCCC/C=C\CCCCCCCC)COC(=O)CCCCCCCCCCC/C=C\C/C=C\CCCCC. The number of esters is 3. The maximum absolute atomic E-state index is 12.8. The number of unbranched alkanes of at least 4 members (excludes halogenated alkanes) is 28. The van der Waals surface area contributed by atoms with Gasteiger partial charge in [0, 0.05) is 19.3 Å². The molecule has 0 saturated carbocycles. The maximum Gasteiger partial charge on any atom is 0.306 e. The minimum absolute atomic E-state index is 0.0869. The van der Waals surface area contributed by atoms with Crippen molar-refractivity contribution >= 4 is 17.9 Å². The molecule has 0 spiro atoms. The molecule has 0 aromatic carbocycles.